The van der Waals surface area contributed by atoms with Crippen molar-refractivity contribution in [3.05, 3.63) is 33.9 Å². The van der Waals surface area contributed by atoms with Crippen LogP contribution in [0.3, 0.4) is 0 Å². The van der Waals surface area contributed by atoms with Crippen LogP contribution < -0.4 is 21.1 Å². The fourth-order valence-electron chi connectivity index (χ4n) is 4.10. The molecule has 0 radical (unpaired) electrons. The van der Waals surface area contributed by atoms with Crippen LogP contribution in [0.5, 0.6) is 5.75 Å². The molecule has 0 atom stereocenters. The van der Waals surface area contributed by atoms with Gasteiger partial charge in [-0.25, -0.2) is 9.59 Å². The first-order valence-corrected chi connectivity index (χ1v) is 11.0. The van der Waals surface area contributed by atoms with E-state index < -0.39 is 12.0 Å². The summed E-state index contributed by atoms with van der Waals surface area (Å²) in [5.74, 6) is -0.177. The summed E-state index contributed by atoms with van der Waals surface area (Å²) in [5.41, 5.74) is 9.05. The lowest BCUT2D eigenvalue weighted by molar-refractivity contribution is -0.143. The van der Waals surface area contributed by atoms with E-state index in [1.807, 2.05) is 19.9 Å². The number of ether oxygens (including phenoxy) is 3. The molecule has 1 fully saturated rings. The van der Waals surface area contributed by atoms with Crippen LogP contribution >= 0.6 is 0 Å². The maximum Gasteiger partial charge on any atom is 0.341 e. The molecule has 0 saturated carbocycles. The predicted molar refractivity (Wildman–Crippen MR) is 122 cm³/mol. The zero-order valence-corrected chi connectivity index (χ0v) is 19.4. The standard InChI is InChI=1S/C23H32N4O6/c1-14(5-7-18(28)32-11-10-27-9-8-25-13-27)4-6-16-20(26-23(24)30)19-17(12-33-22(19)29)15(2)21(16)31-3/h4,25H,5-13H2,1-3H3,(H3,24,26,30). The Morgan fingerprint density at radius 2 is 2.12 bits per heavy atom. The molecule has 10 heteroatoms. The highest BCUT2D eigenvalue weighted by Crippen LogP contribution is 2.41. The highest BCUT2D eigenvalue weighted by molar-refractivity contribution is 6.05. The molecule has 0 unspecified atom stereocenters. The molecule has 10 nitrogen and oxygen atoms in total. The Hall–Kier alpha value is -3.11. The lowest BCUT2D eigenvalue weighted by Crippen LogP contribution is -2.27. The number of nitrogens with two attached hydrogens (primary N) is 1. The average molecular weight is 461 g/mol. The molecule has 3 rings (SSSR count). The number of urea groups is 1. The van der Waals surface area contributed by atoms with E-state index in [2.05, 4.69) is 15.5 Å². The summed E-state index contributed by atoms with van der Waals surface area (Å²) in [5, 5.41) is 5.81. The molecule has 0 aromatic heterocycles. The topological polar surface area (TPSA) is 132 Å². The number of benzene rings is 1. The molecule has 0 bridgehead atoms. The van der Waals surface area contributed by atoms with E-state index in [4.69, 9.17) is 19.9 Å². The second kappa shape index (κ2) is 11.2. The first kappa shape index (κ1) is 24.5. The molecule has 2 amide bonds. The van der Waals surface area contributed by atoms with Gasteiger partial charge in [0.25, 0.3) is 0 Å². The largest absolute Gasteiger partial charge is 0.496 e. The fourth-order valence-corrected chi connectivity index (χ4v) is 4.10. The first-order valence-electron chi connectivity index (χ1n) is 11.0. The number of cyclic esters (lactones) is 1. The second-order valence-corrected chi connectivity index (χ2v) is 8.18. The van der Waals surface area contributed by atoms with Crippen LogP contribution in [0.2, 0.25) is 0 Å². The molecule has 180 valence electrons. The van der Waals surface area contributed by atoms with Gasteiger partial charge in [0.2, 0.25) is 0 Å². The maximum absolute atomic E-state index is 12.3. The van der Waals surface area contributed by atoms with Crippen molar-refractivity contribution in [3.8, 4) is 5.75 Å². The van der Waals surface area contributed by atoms with Crippen molar-refractivity contribution in [3.63, 3.8) is 0 Å². The summed E-state index contributed by atoms with van der Waals surface area (Å²) in [6, 6.07) is -0.780. The van der Waals surface area contributed by atoms with Crippen LogP contribution in [0.1, 0.15) is 46.8 Å². The number of carbonyl (C=O) groups is 3. The summed E-state index contributed by atoms with van der Waals surface area (Å²) in [4.78, 5) is 38.2. The Kier molecular flexibility index (Phi) is 8.29. The van der Waals surface area contributed by atoms with Gasteiger partial charge in [0, 0.05) is 43.9 Å². The molecule has 2 heterocycles. The monoisotopic (exact) mass is 460 g/mol. The number of nitrogens with one attached hydrogen (secondary N) is 2. The van der Waals surface area contributed by atoms with Crippen molar-refractivity contribution in [2.45, 2.75) is 39.7 Å². The lowest BCUT2D eigenvalue weighted by atomic mass is 9.93. The number of carbonyl (C=O) groups excluding carboxylic acids is 3. The van der Waals surface area contributed by atoms with Crippen molar-refractivity contribution < 1.29 is 28.6 Å². The van der Waals surface area contributed by atoms with Crippen molar-refractivity contribution in [1.29, 1.82) is 0 Å². The summed E-state index contributed by atoms with van der Waals surface area (Å²) < 4.78 is 16.1. The summed E-state index contributed by atoms with van der Waals surface area (Å²) in [7, 11) is 1.54. The number of anilines is 1. The van der Waals surface area contributed by atoms with E-state index in [-0.39, 0.29) is 19.0 Å². The molecule has 2 aliphatic rings. The summed E-state index contributed by atoms with van der Waals surface area (Å²) in [6.07, 6.45) is 3.14. The van der Waals surface area contributed by atoms with E-state index in [1.54, 1.807) is 0 Å². The molecule has 1 aromatic rings. The minimum absolute atomic E-state index is 0.120. The van der Waals surface area contributed by atoms with E-state index >= 15 is 0 Å². The number of allylic oxidation sites excluding steroid dienone is 2. The van der Waals surface area contributed by atoms with Crippen LogP contribution in [0.15, 0.2) is 11.6 Å². The van der Waals surface area contributed by atoms with Gasteiger partial charge in [0.05, 0.1) is 18.4 Å². The number of methoxy groups -OCH3 is 1. The minimum atomic E-state index is -0.780. The van der Waals surface area contributed by atoms with Gasteiger partial charge in [0.1, 0.15) is 19.0 Å². The van der Waals surface area contributed by atoms with Crippen molar-refractivity contribution >= 4 is 23.7 Å². The number of hydrogen-bond donors (Lipinski definition) is 3. The number of hydrogen-bond acceptors (Lipinski definition) is 8. The van der Waals surface area contributed by atoms with Crippen molar-refractivity contribution in [1.82, 2.24) is 10.2 Å². The van der Waals surface area contributed by atoms with Gasteiger partial charge >= 0.3 is 18.0 Å². The SMILES string of the molecule is COc1c(C)c2c(c(NC(N)=O)c1CC=C(C)CCC(=O)OCCN1CCNC1)C(=O)OC2. The molecule has 33 heavy (non-hydrogen) atoms. The Bertz CT molecular complexity index is 953. The molecule has 2 aliphatic heterocycles. The Morgan fingerprint density at radius 3 is 2.79 bits per heavy atom. The summed E-state index contributed by atoms with van der Waals surface area (Å²) >= 11 is 0. The zero-order chi connectivity index (χ0) is 24.0. The van der Waals surface area contributed by atoms with E-state index in [9.17, 15) is 14.4 Å². The molecular weight excluding hydrogens is 428 g/mol. The van der Waals surface area contributed by atoms with Crippen LogP contribution in [0, 0.1) is 6.92 Å². The Balaban J connectivity index is 1.66. The molecule has 0 spiro atoms. The molecule has 1 aromatic carbocycles. The molecule has 1 saturated heterocycles. The minimum Gasteiger partial charge on any atom is -0.496 e. The predicted octanol–water partition coefficient (Wildman–Crippen LogP) is 1.84. The zero-order valence-electron chi connectivity index (χ0n) is 19.4. The summed E-state index contributed by atoms with van der Waals surface area (Å²) in [6.45, 7) is 7.76. The fraction of sp³-hybridized carbons (Fsp3) is 0.522. The second-order valence-electron chi connectivity index (χ2n) is 8.18. The number of primary amides is 1. The van der Waals surface area contributed by atoms with Crippen LogP contribution in [-0.2, 0) is 27.3 Å². The quantitative estimate of drug-likeness (QED) is 0.356. The molecule has 0 aliphatic carbocycles. The number of rotatable bonds is 10. The highest BCUT2D eigenvalue weighted by Gasteiger charge is 2.32. The third-order valence-electron chi connectivity index (χ3n) is 5.91. The number of nitrogens with zero attached hydrogens (tertiary/aromatic N) is 1. The van der Waals surface area contributed by atoms with E-state index in [1.165, 1.54) is 7.11 Å². The van der Waals surface area contributed by atoms with E-state index in [0.29, 0.717) is 47.6 Å². The molecule has 4 N–H and O–H groups in total. The molecular formula is C23H32N4O6. The van der Waals surface area contributed by atoms with Crippen molar-refractivity contribution in [2.75, 3.05) is 45.3 Å². The normalized spacial score (nSPS) is 15.8. The van der Waals surface area contributed by atoms with E-state index in [0.717, 1.165) is 37.4 Å². The smallest absolute Gasteiger partial charge is 0.341 e. The average Bonchev–Trinajstić information content (AvgIpc) is 3.42. The van der Waals surface area contributed by atoms with Gasteiger partial charge in [-0.2, -0.15) is 0 Å². The van der Waals surface area contributed by atoms with Gasteiger partial charge in [0.15, 0.2) is 0 Å². The third kappa shape index (κ3) is 6.02. The third-order valence-corrected chi connectivity index (χ3v) is 5.91. The highest BCUT2D eigenvalue weighted by atomic mass is 16.5. The Morgan fingerprint density at radius 1 is 1.33 bits per heavy atom. The van der Waals surface area contributed by atoms with Gasteiger partial charge < -0.3 is 30.6 Å². The van der Waals surface area contributed by atoms with Gasteiger partial charge in [-0.3, -0.25) is 9.69 Å². The number of esters is 2. The van der Waals surface area contributed by atoms with Gasteiger partial charge in [-0.1, -0.05) is 11.6 Å². The van der Waals surface area contributed by atoms with Gasteiger partial charge in [-0.05, 0) is 32.3 Å². The number of amides is 2. The number of fused-ring (bicyclic) bond motifs is 1. The lowest BCUT2D eigenvalue weighted by Gasteiger charge is -2.19. The first-order chi connectivity index (χ1) is 15.8. The van der Waals surface area contributed by atoms with Crippen LogP contribution in [0.4, 0.5) is 10.5 Å². The Labute approximate surface area is 193 Å². The van der Waals surface area contributed by atoms with Crippen LogP contribution in [0.25, 0.3) is 0 Å². The van der Waals surface area contributed by atoms with Gasteiger partial charge in [-0.15, -0.1) is 0 Å². The van der Waals surface area contributed by atoms with Crippen LogP contribution in [-0.4, -0.2) is 62.9 Å². The maximum atomic E-state index is 12.3. The van der Waals surface area contributed by atoms with Crippen molar-refractivity contribution in [2.24, 2.45) is 5.73 Å².